The van der Waals surface area contributed by atoms with Crippen molar-refractivity contribution in [2.75, 3.05) is 21.3 Å². The van der Waals surface area contributed by atoms with Crippen LogP contribution in [0.5, 0.6) is 0 Å². The van der Waals surface area contributed by atoms with Crippen LogP contribution in [-0.4, -0.2) is 39.2 Å². The topological polar surface area (TPSA) is 82.8 Å². The lowest BCUT2D eigenvalue weighted by atomic mass is 9.98. The summed E-state index contributed by atoms with van der Waals surface area (Å²) in [7, 11) is 3.84. The van der Waals surface area contributed by atoms with E-state index in [1.807, 2.05) is 91.0 Å². The van der Waals surface area contributed by atoms with Gasteiger partial charge in [-0.2, -0.15) is 4.57 Å². The van der Waals surface area contributed by atoms with Crippen molar-refractivity contribution in [2.45, 2.75) is 0 Å². The normalized spacial score (nSPS) is 12.0. The lowest BCUT2D eigenvalue weighted by Gasteiger charge is -2.15. The number of para-hydroxylation sites is 1. The molecule has 0 aliphatic heterocycles. The van der Waals surface area contributed by atoms with Gasteiger partial charge in [0.2, 0.25) is 5.52 Å². The maximum atomic E-state index is 13.9. The van der Waals surface area contributed by atoms with E-state index in [1.54, 1.807) is 29.0 Å². The molecular weight excluding hydrogens is 602 g/mol. The summed E-state index contributed by atoms with van der Waals surface area (Å²) in [5.74, 6) is -2.02. The molecule has 0 aliphatic rings. The van der Waals surface area contributed by atoms with Crippen LogP contribution in [0, 0.1) is 0 Å². The number of carbonyl (C=O) groups excluding carboxylic acids is 3. The SMILES string of the molecule is COC(=O)/C(=C(/C(=O)OC)[n+]1ccc(/C=C/c2ccccc2Cl)c2ccccc21)[c-]1c2ccccc2c2c(C(=O)OC)cccc21. The molecule has 0 fully saturated rings. The van der Waals surface area contributed by atoms with Gasteiger partial charge in [0.05, 0.1) is 32.3 Å². The number of nitrogens with zero attached hydrogens (tertiary/aromatic N) is 1. The van der Waals surface area contributed by atoms with Gasteiger partial charge in [0.1, 0.15) is 0 Å². The summed E-state index contributed by atoms with van der Waals surface area (Å²) in [6.07, 6.45) is 5.59. The predicted molar refractivity (Wildman–Crippen MR) is 180 cm³/mol. The van der Waals surface area contributed by atoms with Gasteiger partial charge in [-0.3, -0.25) is 4.79 Å². The van der Waals surface area contributed by atoms with Crippen molar-refractivity contribution in [3.8, 4) is 0 Å². The number of benzene rings is 4. The van der Waals surface area contributed by atoms with Gasteiger partial charge in [-0.1, -0.05) is 124 Å². The van der Waals surface area contributed by atoms with Gasteiger partial charge in [0, 0.05) is 22.7 Å². The van der Waals surface area contributed by atoms with Gasteiger partial charge >= 0.3 is 11.9 Å². The van der Waals surface area contributed by atoms with Crippen molar-refractivity contribution in [1.82, 2.24) is 0 Å². The van der Waals surface area contributed by atoms with Gasteiger partial charge in [0.25, 0.3) is 11.7 Å². The van der Waals surface area contributed by atoms with E-state index in [0.717, 1.165) is 16.5 Å². The van der Waals surface area contributed by atoms with E-state index in [4.69, 9.17) is 25.8 Å². The van der Waals surface area contributed by atoms with Gasteiger partial charge in [-0.05, 0) is 23.3 Å². The van der Waals surface area contributed by atoms with E-state index in [9.17, 15) is 14.4 Å². The quantitative estimate of drug-likeness (QED) is 0.0599. The van der Waals surface area contributed by atoms with Gasteiger partial charge in [0.15, 0.2) is 6.20 Å². The minimum absolute atomic E-state index is 0.0166. The largest absolute Gasteiger partial charge is 0.490 e. The molecule has 7 nitrogen and oxygen atoms in total. The third-order valence-electron chi connectivity index (χ3n) is 7.93. The molecule has 0 amide bonds. The highest BCUT2D eigenvalue weighted by Crippen LogP contribution is 2.41. The summed E-state index contributed by atoms with van der Waals surface area (Å²) >= 11 is 6.39. The molecule has 1 heterocycles. The van der Waals surface area contributed by atoms with E-state index in [2.05, 4.69) is 0 Å². The molecule has 6 rings (SSSR count). The summed E-state index contributed by atoms with van der Waals surface area (Å²) < 4.78 is 17.4. The number of ether oxygens (including phenoxy) is 3. The minimum Gasteiger partial charge on any atom is -0.490 e. The maximum absolute atomic E-state index is 13.9. The smallest absolute Gasteiger partial charge is 0.379 e. The molecule has 0 spiro atoms. The molecule has 0 saturated carbocycles. The molecule has 0 atom stereocenters. The Hall–Kier alpha value is -5.66. The third kappa shape index (κ3) is 5.21. The van der Waals surface area contributed by atoms with Crippen molar-refractivity contribution in [3.63, 3.8) is 0 Å². The third-order valence-corrected chi connectivity index (χ3v) is 8.27. The Balaban J connectivity index is 1.71. The molecule has 0 unspecified atom stereocenters. The first-order chi connectivity index (χ1) is 22.4. The molecule has 0 aliphatic carbocycles. The average Bonchev–Trinajstić information content (AvgIpc) is 3.43. The number of carbonyl (C=O) groups is 3. The molecule has 228 valence electrons. The molecule has 0 saturated heterocycles. The van der Waals surface area contributed by atoms with Crippen LogP contribution in [-0.2, 0) is 23.8 Å². The number of hydrogen-bond donors (Lipinski definition) is 0. The molecule has 5 aromatic carbocycles. The maximum Gasteiger partial charge on any atom is 0.379 e. The van der Waals surface area contributed by atoms with Crippen molar-refractivity contribution in [2.24, 2.45) is 0 Å². The first kappa shape index (κ1) is 30.4. The van der Waals surface area contributed by atoms with E-state index in [-0.39, 0.29) is 11.3 Å². The first-order valence-corrected chi connectivity index (χ1v) is 14.7. The van der Waals surface area contributed by atoms with Gasteiger partial charge < -0.3 is 14.2 Å². The highest BCUT2D eigenvalue weighted by atomic mass is 35.5. The Morgan fingerprint density at radius 1 is 0.674 bits per heavy atom. The lowest BCUT2D eigenvalue weighted by molar-refractivity contribution is -0.548. The Morgan fingerprint density at radius 2 is 1.33 bits per heavy atom. The highest BCUT2D eigenvalue weighted by molar-refractivity contribution is 6.39. The van der Waals surface area contributed by atoms with Crippen LogP contribution >= 0.6 is 11.6 Å². The number of halogens is 1. The van der Waals surface area contributed by atoms with Crippen molar-refractivity contribution < 1.29 is 33.2 Å². The molecule has 6 aromatic rings. The Labute approximate surface area is 269 Å². The first-order valence-electron chi connectivity index (χ1n) is 14.4. The fraction of sp³-hybridized carbons (Fsp3) is 0.0789. The highest BCUT2D eigenvalue weighted by Gasteiger charge is 2.32. The summed E-state index contributed by atoms with van der Waals surface area (Å²) in [5, 5.41) is 3.98. The van der Waals surface area contributed by atoms with E-state index in [1.165, 1.54) is 21.3 Å². The zero-order chi connectivity index (χ0) is 32.4. The van der Waals surface area contributed by atoms with Crippen LogP contribution in [0.1, 0.15) is 27.0 Å². The zero-order valence-corrected chi connectivity index (χ0v) is 26.0. The molecule has 8 heteroatoms. The van der Waals surface area contributed by atoms with Gasteiger partial charge in [-0.25, -0.2) is 9.59 Å². The summed E-state index contributed by atoms with van der Waals surface area (Å²) in [4.78, 5) is 40.6. The average molecular weight is 630 g/mol. The number of fused-ring (bicyclic) bond motifs is 4. The molecule has 0 N–H and O–H groups in total. The number of esters is 3. The second-order valence-electron chi connectivity index (χ2n) is 10.4. The predicted octanol–water partition coefficient (Wildman–Crippen LogP) is 7.48. The van der Waals surface area contributed by atoms with Crippen LogP contribution in [0.2, 0.25) is 5.02 Å². The van der Waals surface area contributed by atoms with E-state index >= 15 is 0 Å². The number of hydrogen-bond acceptors (Lipinski definition) is 6. The number of methoxy groups -OCH3 is 3. The van der Waals surface area contributed by atoms with Crippen LogP contribution in [0.15, 0.2) is 103 Å². The second-order valence-corrected chi connectivity index (χ2v) is 10.8. The second kappa shape index (κ2) is 12.8. The molecule has 1 aromatic heterocycles. The van der Waals surface area contributed by atoms with Crippen molar-refractivity contribution in [1.29, 1.82) is 0 Å². The Morgan fingerprint density at radius 3 is 2.07 bits per heavy atom. The number of pyridine rings is 1. The van der Waals surface area contributed by atoms with Crippen LogP contribution < -0.4 is 4.57 Å². The summed E-state index contributed by atoms with van der Waals surface area (Å²) in [5.41, 5.74) is 3.06. The zero-order valence-electron chi connectivity index (χ0n) is 25.2. The standard InChI is InChI=1S/C38H28ClNO6/c1-44-36(41)29-16-10-15-28-32(29)26-13-5-6-14-27(26)33(28)34(37(42)45-2)35(38(43)46-3)40-22-21-23(25-12-7-9-18-31(25)40)19-20-24-11-4-8-17-30(24)39/h4-22H,1-3H3/b20-19+,35-34-. The Kier molecular flexibility index (Phi) is 8.42. The minimum atomic E-state index is -0.752. The number of rotatable bonds is 7. The molecular formula is C38H28ClNO6. The van der Waals surface area contributed by atoms with Crippen LogP contribution in [0.3, 0.4) is 0 Å². The van der Waals surface area contributed by atoms with Crippen molar-refractivity contribution in [3.05, 3.63) is 131 Å². The van der Waals surface area contributed by atoms with E-state index < -0.39 is 17.9 Å². The Bertz CT molecular complexity index is 2240. The monoisotopic (exact) mass is 629 g/mol. The van der Waals surface area contributed by atoms with Gasteiger partial charge in [-0.15, -0.1) is 0 Å². The summed E-state index contributed by atoms with van der Waals surface area (Å²) in [6, 6.07) is 29.5. The molecule has 0 radical (unpaired) electrons. The lowest BCUT2D eigenvalue weighted by Crippen LogP contribution is -2.39. The molecule has 46 heavy (non-hydrogen) atoms. The summed E-state index contributed by atoms with van der Waals surface area (Å²) in [6.45, 7) is 0. The fourth-order valence-corrected chi connectivity index (χ4v) is 6.08. The van der Waals surface area contributed by atoms with Crippen LogP contribution in [0.4, 0.5) is 0 Å². The fourth-order valence-electron chi connectivity index (χ4n) is 5.88. The number of aromatic nitrogens is 1. The van der Waals surface area contributed by atoms with Crippen molar-refractivity contribution >= 4 is 85.4 Å². The van der Waals surface area contributed by atoms with Crippen LogP contribution in [0.25, 0.3) is 55.9 Å². The molecule has 0 bridgehead atoms. The van der Waals surface area contributed by atoms with E-state index in [0.29, 0.717) is 43.2 Å².